The number of benzene rings is 1. The van der Waals surface area contributed by atoms with E-state index in [0.717, 1.165) is 0 Å². The number of carbonyl (C=O) groups excluding carboxylic acids is 1. The summed E-state index contributed by atoms with van der Waals surface area (Å²) in [6.45, 7) is 0. The van der Waals surface area contributed by atoms with Gasteiger partial charge in [-0.15, -0.1) is 0 Å². The third-order valence-corrected chi connectivity index (χ3v) is 1.82. The molecule has 0 saturated heterocycles. The summed E-state index contributed by atoms with van der Waals surface area (Å²) in [6.07, 6.45) is -5.22. The van der Waals surface area contributed by atoms with E-state index in [1.54, 1.807) is 0 Å². The molecule has 3 N–H and O–H groups in total. The number of phenolic OH excluding ortho intramolecular Hbond substituents is 1. The molecule has 0 atom stereocenters. The van der Waals surface area contributed by atoms with Crippen molar-refractivity contribution in [3.05, 3.63) is 23.5 Å². The molecule has 0 bridgehead atoms. The Kier molecular flexibility index (Phi) is 3.44. The van der Waals surface area contributed by atoms with Crippen LogP contribution in [0.1, 0.15) is 10.4 Å². The first-order valence-electron chi connectivity index (χ1n) is 4.27. The molecule has 98 valence electrons. The molecule has 0 aliphatic carbocycles. The van der Waals surface area contributed by atoms with E-state index in [0.29, 0.717) is 6.07 Å². The summed E-state index contributed by atoms with van der Waals surface area (Å²) >= 11 is 0. The molecule has 0 unspecified atom stereocenters. The van der Waals surface area contributed by atoms with Crippen LogP contribution in [0.4, 0.5) is 23.2 Å². The number of rotatable bonds is 2. The van der Waals surface area contributed by atoms with Crippen molar-refractivity contribution in [1.82, 2.24) is 0 Å². The highest BCUT2D eigenvalue weighted by molar-refractivity contribution is 5.98. The van der Waals surface area contributed by atoms with Crippen LogP contribution < -0.4 is 5.32 Å². The highest BCUT2D eigenvalue weighted by Crippen LogP contribution is 2.28. The van der Waals surface area contributed by atoms with Gasteiger partial charge in [0, 0.05) is 6.07 Å². The van der Waals surface area contributed by atoms with E-state index >= 15 is 0 Å². The minimum absolute atomic E-state index is 0.287. The second kappa shape index (κ2) is 4.51. The van der Waals surface area contributed by atoms with Gasteiger partial charge in [0.2, 0.25) is 0 Å². The van der Waals surface area contributed by atoms with E-state index in [9.17, 15) is 27.2 Å². The molecule has 9 heteroatoms. The Hall–Kier alpha value is -2.32. The number of nitrogens with one attached hydrogen (secondary N) is 1. The SMILES string of the molecule is O=C(O)c1cc(NC(=O)C(F)(F)F)c(O)cc1F. The molecule has 1 rings (SSSR count). The summed E-state index contributed by atoms with van der Waals surface area (Å²) in [6, 6.07) is 0.673. The lowest BCUT2D eigenvalue weighted by Crippen LogP contribution is -2.30. The lowest BCUT2D eigenvalue weighted by molar-refractivity contribution is -0.167. The lowest BCUT2D eigenvalue weighted by atomic mass is 10.1. The first kappa shape index (κ1) is 13.7. The maximum absolute atomic E-state index is 13.0. The number of aromatic carboxylic acids is 1. The van der Waals surface area contributed by atoms with Crippen molar-refractivity contribution in [3.63, 3.8) is 0 Å². The molecule has 0 spiro atoms. The zero-order valence-electron chi connectivity index (χ0n) is 8.38. The Labute approximate surface area is 96.6 Å². The fourth-order valence-corrected chi connectivity index (χ4v) is 1.02. The van der Waals surface area contributed by atoms with E-state index in [4.69, 9.17) is 10.2 Å². The number of carbonyl (C=O) groups is 2. The molecule has 0 aliphatic rings. The van der Waals surface area contributed by atoms with Crippen LogP contribution in [0.25, 0.3) is 0 Å². The average molecular weight is 267 g/mol. The summed E-state index contributed by atoms with van der Waals surface area (Å²) in [5.74, 6) is -6.53. The molecule has 0 radical (unpaired) electrons. The predicted molar refractivity (Wildman–Crippen MR) is 49.7 cm³/mol. The molecular formula is C9H5F4NO4. The van der Waals surface area contributed by atoms with Gasteiger partial charge < -0.3 is 15.5 Å². The number of hydrogen-bond acceptors (Lipinski definition) is 3. The molecule has 0 aliphatic heterocycles. The number of aromatic hydroxyl groups is 1. The second-order valence-corrected chi connectivity index (χ2v) is 3.11. The minimum atomic E-state index is -5.22. The van der Waals surface area contributed by atoms with Gasteiger partial charge in [-0.2, -0.15) is 13.2 Å². The van der Waals surface area contributed by atoms with Gasteiger partial charge in [0.25, 0.3) is 0 Å². The third-order valence-electron chi connectivity index (χ3n) is 1.82. The van der Waals surface area contributed by atoms with Crippen LogP contribution >= 0.6 is 0 Å². The third kappa shape index (κ3) is 2.87. The molecule has 0 fully saturated rings. The number of anilines is 1. The van der Waals surface area contributed by atoms with Gasteiger partial charge in [-0.1, -0.05) is 0 Å². The van der Waals surface area contributed by atoms with Crippen molar-refractivity contribution in [2.45, 2.75) is 6.18 Å². The number of amides is 1. The Morgan fingerprint density at radius 2 is 1.78 bits per heavy atom. The molecule has 0 aromatic heterocycles. The summed E-state index contributed by atoms with van der Waals surface area (Å²) in [7, 11) is 0. The van der Waals surface area contributed by atoms with Crippen LogP contribution in [0.15, 0.2) is 12.1 Å². The zero-order chi connectivity index (χ0) is 14.1. The Balaban J connectivity index is 3.14. The van der Waals surface area contributed by atoms with Gasteiger partial charge in [-0.05, 0) is 6.07 Å². The monoisotopic (exact) mass is 267 g/mol. The highest BCUT2D eigenvalue weighted by atomic mass is 19.4. The zero-order valence-corrected chi connectivity index (χ0v) is 8.38. The number of carboxylic acid groups (broad SMARTS) is 1. The lowest BCUT2D eigenvalue weighted by Gasteiger charge is -2.10. The van der Waals surface area contributed by atoms with Gasteiger partial charge in [-0.3, -0.25) is 4.79 Å². The van der Waals surface area contributed by atoms with E-state index in [1.807, 2.05) is 0 Å². The van der Waals surface area contributed by atoms with Gasteiger partial charge in [0.1, 0.15) is 11.6 Å². The Morgan fingerprint density at radius 1 is 1.22 bits per heavy atom. The van der Waals surface area contributed by atoms with Crippen molar-refractivity contribution >= 4 is 17.6 Å². The standard InChI is InChI=1S/C9H5F4NO4/c10-4-2-6(15)5(1-3(4)7(16)17)14-8(18)9(11,12)13/h1-2,15H,(H,14,18)(H,16,17). The normalized spacial score (nSPS) is 11.1. The molecule has 5 nitrogen and oxygen atoms in total. The number of carboxylic acids is 1. The maximum Gasteiger partial charge on any atom is 0.471 e. The molecule has 0 saturated carbocycles. The van der Waals surface area contributed by atoms with Crippen LogP contribution in [-0.4, -0.2) is 28.3 Å². The van der Waals surface area contributed by atoms with Crippen molar-refractivity contribution in [3.8, 4) is 5.75 Å². The topological polar surface area (TPSA) is 86.6 Å². The highest BCUT2D eigenvalue weighted by Gasteiger charge is 2.39. The molecule has 1 amide bonds. The maximum atomic E-state index is 13.0. The van der Waals surface area contributed by atoms with Crippen LogP contribution in [-0.2, 0) is 4.79 Å². The Bertz CT molecular complexity index is 512. The molecule has 1 aromatic carbocycles. The smallest absolute Gasteiger partial charge is 0.471 e. The van der Waals surface area contributed by atoms with Crippen molar-refractivity contribution < 1.29 is 37.4 Å². The minimum Gasteiger partial charge on any atom is -0.506 e. The summed E-state index contributed by atoms with van der Waals surface area (Å²) in [5.41, 5.74) is -1.83. The van der Waals surface area contributed by atoms with E-state index in [1.165, 1.54) is 5.32 Å². The van der Waals surface area contributed by atoms with Crippen LogP contribution in [0.2, 0.25) is 0 Å². The Morgan fingerprint density at radius 3 is 2.22 bits per heavy atom. The fourth-order valence-electron chi connectivity index (χ4n) is 1.02. The number of alkyl halides is 3. The molecular weight excluding hydrogens is 262 g/mol. The van der Waals surface area contributed by atoms with Gasteiger partial charge in [-0.25, -0.2) is 9.18 Å². The summed E-state index contributed by atoms with van der Waals surface area (Å²) < 4.78 is 48.7. The van der Waals surface area contributed by atoms with Gasteiger partial charge >= 0.3 is 18.1 Å². The average Bonchev–Trinajstić information content (AvgIpc) is 2.19. The number of hydrogen-bond donors (Lipinski definition) is 3. The summed E-state index contributed by atoms with van der Waals surface area (Å²) in [5, 5.41) is 18.8. The molecule has 1 aromatic rings. The first-order valence-corrected chi connectivity index (χ1v) is 4.27. The molecule has 0 heterocycles. The summed E-state index contributed by atoms with van der Waals surface area (Å²) in [4.78, 5) is 21.1. The second-order valence-electron chi connectivity index (χ2n) is 3.11. The van der Waals surface area contributed by atoms with Crippen molar-refractivity contribution in [1.29, 1.82) is 0 Å². The van der Waals surface area contributed by atoms with Gasteiger partial charge in [0.05, 0.1) is 11.3 Å². The van der Waals surface area contributed by atoms with E-state index < -0.39 is 40.9 Å². The molecule has 18 heavy (non-hydrogen) atoms. The van der Waals surface area contributed by atoms with Crippen LogP contribution in [0.5, 0.6) is 5.75 Å². The first-order chi connectivity index (χ1) is 8.12. The number of phenols is 1. The van der Waals surface area contributed by atoms with Crippen LogP contribution in [0, 0.1) is 5.82 Å². The van der Waals surface area contributed by atoms with Crippen LogP contribution in [0.3, 0.4) is 0 Å². The van der Waals surface area contributed by atoms with Crippen molar-refractivity contribution in [2.24, 2.45) is 0 Å². The van der Waals surface area contributed by atoms with Crippen molar-refractivity contribution in [2.75, 3.05) is 5.32 Å². The largest absolute Gasteiger partial charge is 0.506 e. The predicted octanol–water partition coefficient (Wildman–Crippen LogP) is 1.73. The quantitative estimate of drug-likeness (QED) is 0.562. The van der Waals surface area contributed by atoms with Gasteiger partial charge in [0.15, 0.2) is 0 Å². The number of halogens is 4. The van der Waals surface area contributed by atoms with E-state index in [2.05, 4.69) is 0 Å². The fraction of sp³-hybridized carbons (Fsp3) is 0.111. The van der Waals surface area contributed by atoms with E-state index in [-0.39, 0.29) is 6.07 Å².